The molecule has 0 saturated carbocycles. The maximum Gasteiger partial charge on any atom is 0.0851 e. The van der Waals surface area contributed by atoms with Crippen LogP contribution < -0.4 is 4.90 Å². The van der Waals surface area contributed by atoms with Crippen LogP contribution in [0.5, 0.6) is 0 Å². The molecule has 1 nitrogen and oxygen atoms in total. The average molecular weight is 307 g/mol. The Morgan fingerprint density at radius 2 is 1.17 bits per heavy atom. The molecule has 0 bridgehead atoms. The highest BCUT2D eigenvalue weighted by molar-refractivity contribution is 5.98. The van der Waals surface area contributed by atoms with Gasteiger partial charge >= 0.3 is 0 Å². The number of anilines is 2. The first-order valence-electron chi connectivity index (χ1n) is 8.71. The average Bonchev–Trinajstić information content (AvgIpc) is 3.31. The third-order valence-electron chi connectivity index (χ3n) is 5.76. The highest BCUT2D eigenvalue weighted by atomic mass is 15.2. The lowest BCUT2D eigenvalue weighted by molar-refractivity contribution is 0.855. The van der Waals surface area contributed by atoms with Crippen LogP contribution in [0.1, 0.15) is 24.0 Å². The summed E-state index contributed by atoms with van der Waals surface area (Å²) in [6, 6.07) is 18.1. The van der Waals surface area contributed by atoms with Gasteiger partial charge in [-0.15, -0.1) is 0 Å². The number of rotatable bonds is 0. The molecular weight excluding hydrogens is 290 g/mol. The minimum absolute atomic E-state index is 0.331. The van der Waals surface area contributed by atoms with Crippen molar-refractivity contribution in [3.8, 4) is 0 Å². The Bertz CT molecular complexity index is 934. The van der Waals surface area contributed by atoms with E-state index in [4.69, 9.17) is 0 Å². The largest absolute Gasteiger partial charge is 0.329 e. The van der Waals surface area contributed by atoms with Crippen molar-refractivity contribution < 1.29 is 0 Å². The van der Waals surface area contributed by atoms with Gasteiger partial charge in [-0.2, -0.15) is 0 Å². The van der Waals surface area contributed by atoms with Crippen molar-refractivity contribution in [1.82, 2.24) is 0 Å². The van der Waals surface area contributed by atoms with Gasteiger partial charge in [0.1, 0.15) is 0 Å². The van der Waals surface area contributed by atoms with Crippen molar-refractivity contribution in [3.63, 3.8) is 0 Å². The zero-order chi connectivity index (χ0) is 15.7. The van der Waals surface area contributed by atoms with Gasteiger partial charge in [-0.25, -0.2) is 0 Å². The van der Waals surface area contributed by atoms with Gasteiger partial charge in [-0.05, 0) is 47.3 Å². The maximum absolute atomic E-state index is 2.56. The first-order valence-corrected chi connectivity index (χ1v) is 8.71. The number of fused-ring (bicyclic) bond motifs is 9. The van der Waals surface area contributed by atoms with Gasteiger partial charge in [-0.1, -0.05) is 60.7 Å². The minimum atomic E-state index is 0.331. The number of hydrogen-bond acceptors (Lipinski definition) is 1. The zero-order valence-electron chi connectivity index (χ0n) is 13.4. The van der Waals surface area contributed by atoms with Gasteiger partial charge in [0.15, 0.2) is 0 Å². The summed E-state index contributed by atoms with van der Waals surface area (Å²) in [5, 5.41) is 0. The lowest BCUT2D eigenvalue weighted by Gasteiger charge is -2.44. The molecule has 0 spiro atoms. The van der Waals surface area contributed by atoms with Crippen LogP contribution in [0.2, 0.25) is 0 Å². The normalized spacial score (nSPS) is 20.1. The SMILES string of the molecule is C1=CC2=C(C1)c1ccccc1N1c3ccccc3C3=C(C=CC3)C21. The van der Waals surface area contributed by atoms with Crippen LogP contribution in [0.15, 0.2) is 84.0 Å². The highest BCUT2D eigenvalue weighted by Crippen LogP contribution is 2.54. The van der Waals surface area contributed by atoms with E-state index in [-0.39, 0.29) is 0 Å². The van der Waals surface area contributed by atoms with Gasteiger partial charge in [-0.3, -0.25) is 0 Å². The lowest BCUT2D eigenvalue weighted by Crippen LogP contribution is -2.39. The van der Waals surface area contributed by atoms with E-state index in [0.29, 0.717) is 6.04 Å². The molecule has 0 fully saturated rings. The molecule has 2 heterocycles. The Hall–Kier alpha value is -2.80. The molecule has 0 radical (unpaired) electrons. The number of para-hydroxylation sites is 2. The Morgan fingerprint density at radius 1 is 0.667 bits per heavy atom. The van der Waals surface area contributed by atoms with Gasteiger partial charge < -0.3 is 4.90 Å². The van der Waals surface area contributed by atoms with E-state index >= 15 is 0 Å². The molecule has 0 atom stereocenters. The Kier molecular flexibility index (Phi) is 2.30. The first-order chi connectivity index (χ1) is 11.9. The van der Waals surface area contributed by atoms with Crippen LogP contribution >= 0.6 is 0 Å². The number of allylic oxidation sites excluding steroid dienone is 4. The summed E-state index contributed by atoms with van der Waals surface area (Å²) >= 11 is 0. The lowest BCUT2D eigenvalue weighted by atomic mass is 9.80. The van der Waals surface area contributed by atoms with Crippen LogP contribution in [0, 0.1) is 0 Å². The number of benzene rings is 2. The topological polar surface area (TPSA) is 3.24 Å². The predicted molar refractivity (Wildman–Crippen MR) is 100 cm³/mol. The molecule has 2 aromatic rings. The summed E-state index contributed by atoms with van der Waals surface area (Å²) in [7, 11) is 0. The molecule has 6 rings (SSSR count). The molecule has 1 heteroatoms. The fourth-order valence-corrected chi connectivity index (χ4v) is 4.82. The zero-order valence-corrected chi connectivity index (χ0v) is 13.4. The second kappa shape index (κ2) is 4.39. The van der Waals surface area contributed by atoms with E-state index in [0.717, 1.165) is 12.8 Å². The third kappa shape index (κ3) is 1.41. The Morgan fingerprint density at radius 3 is 1.71 bits per heavy atom. The van der Waals surface area contributed by atoms with Crippen molar-refractivity contribution in [3.05, 3.63) is 95.1 Å². The first kappa shape index (κ1) is 12.6. The summed E-state index contributed by atoms with van der Waals surface area (Å²) in [6.07, 6.45) is 11.5. The van der Waals surface area contributed by atoms with Crippen LogP contribution in [-0.4, -0.2) is 6.04 Å². The summed E-state index contributed by atoms with van der Waals surface area (Å²) in [4.78, 5) is 2.56. The summed E-state index contributed by atoms with van der Waals surface area (Å²) in [5.74, 6) is 0. The third-order valence-corrected chi connectivity index (χ3v) is 5.76. The van der Waals surface area contributed by atoms with Gasteiger partial charge in [0, 0.05) is 22.5 Å². The van der Waals surface area contributed by atoms with Crippen molar-refractivity contribution in [1.29, 1.82) is 0 Å². The quantitative estimate of drug-likeness (QED) is 0.608. The second-order valence-electron chi connectivity index (χ2n) is 6.89. The molecule has 114 valence electrons. The van der Waals surface area contributed by atoms with E-state index in [2.05, 4.69) is 77.7 Å². The van der Waals surface area contributed by atoms with Crippen molar-refractivity contribution in [2.24, 2.45) is 0 Å². The van der Waals surface area contributed by atoms with E-state index in [1.807, 2.05) is 0 Å². The van der Waals surface area contributed by atoms with Crippen LogP contribution in [-0.2, 0) is 0 Å². The van der Waals surface area contributed by atoms with E-state index < -0.39 is 0 Å². The Labute approximate surface area is 141 Å². The molecular formula is C23H17N. The number of nitrogens with zero attached hydrogens (tertiary/aromatic N) is 1. The molecule has 0 saturated heterocycles. The molecule has 4 aliphatic rings. The van der Waals surface area contributed by atoms with E-state index in [9.17, 15) is 0 Å². The van der Waals surface area contributed by atoms with Gasteiger partial charge in [0.2, 0.25) is 0 Å². The molecule has 2 aliphatic heterocycles. The molecule has 0 aromatic heterocycles. The minimum Gasteiger partial charge on any atom is -0.329 e. The molecule has 2 aromatic carbocycles. The maximum atomic E-state index is 2.56. The molecule has 24 heavy (non-hydrogen) atoms. The van der Waals surface area contributed by atoms with Crippen LogP contribution in [0.4, 0.5) is 11.4 Å². The van der Waals surface area contributed by atoms with E-state index in [1.54, 1.807) is 0 Å². The van der Waals surface area contributed by atoms with Gasteiger partial charge in [0.25, 0.3) is 0 Å². The summed E-state index contributed by atoms with van der Waals surface area (Å²) < 4.78 is 0. The summed E-state index contributed by atoms with van der Waals surface area (Å²) in [6.45, 7) is 0. The predicted octanol–water partition coefficient (Wildman–Crippen LogP) is 5.65. The molecule has 0 amide bonds. The Balaban J connectivity index is 1.74. The second-order valence-corrected chi connectivity index (χ2v) is 6.89. The fraction of sp³-hybridized carbons (Fsp3) is 0.130. The monoisotopic (exact) mass is 307 g/mol. The molecule has 2 aliphatic carbocycles. The van der Waals surface area contributed by atoms with Gasteiger partial charge in [0.05, 0.1) is 6.04 Å². The summed E-state index contributed by atoms with van der Waals surface area (Å²) in [5.41, 5.74) is 11.5. The van der Waals surface area contributed by atoms with Crippen molar-refractivity contribution in [2.45, 2.75) is 18.9 Å². The van der Waals surface area contributed by atoms with Crippen molar-refractivity contribution in [2.75, 3.05) is 4.90 Å². The van der Waals surface area contributed by atoms with Crippen molar-refractivity contribution >= 4 is 22.5 Å². The number of hydrogen-bond donors (Lipinski definition) is 0. The highest BCUT2D eigenvalue weighted by Gasteiger charge is 2.40. The smallest absolute Gasteiger partial charge is 0.0851 e. The standard InChI is InChI=1S/C23H17N/c1-3-13-21-17(7-1)15-9-5-11-19(15)23-20-12-6-10-16(20)18-8-2-4-14-22(18)24(21)23/h1-8,11-14,23H,9-10H2. The molecule has 0 unspecified atom stereocenters. The fourth-order valence-electron chi connectivity index (χ4n) is 4.82. The molecule has 0 N–H and O–H groups in total. The van der Waals surface area contributed by atoms with E-state index in [1.165, 1.54) is 44.8 Å². The van der Waals surface area contributed by atoms with Crippen LogP contribution in [0.25, 0.3) is 11.1 Å². The van der Waals surface area contributed by atoms with Crippen LogP contribution in [0.3, 0.4) is 0 Å².